The minimum atomic E-state index is -0.439. The largest absolute Gasteiger partial charge is 0.351 e. The standard InChI is InChI=1S/C13H18N4O/c14-17-16-10-11(15-12(10)18)13-4-7-1-8(5-13)3-9(2-7)6-13/h7-11H,1-6H2,(H,15,18)/t7?,8?,9?,10-,11+,13?/m1/s1. The molecule has 0 spiro atoms. The lowest BCUT2D eigenvalue weighted by molar-refractivity contribution is -0.144. The Morgan fingerprint density at radius 1 is 1.17 bits per heavy atom. The Balaban J connectivity index is 1.64. The second-order valence-electron chi connectivity index (χ2n) is 6.92. The molecule has 5 heteroatoms. The lowest BCUT2D eigenvalue weighted by Crippen LogP contribution is -2.71. The Kier molecular flexibility index (Phi) is 2.03. The molecular weight excluding hydrogens is 228 g/mol. The number of azide groups is 1. The number of hydrogen-bond donors (Lipinski definition) is 1. The maximum atomic E-state index is 11.5. The van der Waals surface area contributed by atoms with Gasteiger partial charge < -0.3 is 5.32 Å². The Labute approximate surface area is 106 Å². The third-order valence-electron chi connectivity index (χ3n) is 5.80. The van der Waals surface area contributed by atoms with Crippen LogP contribution >= 0.6 is 0 Å². The molecule has 1 amide bonds. The van der Waals surface area contributed by atoms with E-state index in [0.29, 0.717) is 0 Å². The van der Waals surface area contributed by atoms with Gasteiger partial charge in [-0.15, -0.1) is 0 Å². The molecule has 0 radical (unpaired) electrons. The van der Waals surface area contributed by atoms with Gasteiger partial charge in [-0.05, 0) is 67.2 Å². The molecule has 0 aromatic carbocycles. The van der Waals surface area contributed by atoms with E-state index in [-0.39, 0.29) is 17.4 Å². The summed E-state index contributed by atoms with van der Waals surface area (Å²) in [6, 6.07) is -0.319. The van der Waals surface area contributed by atoms with Crippen molar-refractivity contribution in [3.05, 3.63) is 10.4 Å². The highest BCUT2D eigenvalue weighted by Gasteiger charge is 2.59. The Bertz CT molecular complexity index is 417. The van der Waals surface area contributed by atoms with E-state index in [2.05, 4.69) is 15.3 Å². The van der Waals surface area contributed by atoms with Crippen LogP contribution in [0, 0.1) is 23.2 Å². The zero-order chi connectivity index (χ0) is 12.3. The zero-order valence-corrected chi connectivity index (χ0v) is 10.4. The van der Waals surface area contributed by atoms with Gasteiger partial charge in [0.15, 0.2) is 0 Å². The number of nitrogens with zero attached hydrogens (tertiary/aromatic N) is 3. The van der Waals surface area contributed by atoms with Crippen molar-refractivity contribution in [2.75, 3.05) is 0 Å². The molecule has 4 saturated carbocycles. The maximum absolute atomic E-state index is 11.5. The molecule has 18 heavy (non-hydrogen) atoms. The number of hydrogen-bond acceptors (Lipinski definition) is 2. The second kappa shape index (κ2) is 3.41. The molecule has 4 bridgehead atoms. The van der Waals surface area contributed by atoms with Crippen molar-refractivity contribution in [3.63, 3.8) is 0 Å². The van der Waals surface area contributed by atoms with Crippen molar-refractivity contribution in [1.29, 1.82) is 0 Å². The Morgan fingerprint density at radius 3 is 2.17 bits per heavy atom. The van der Waals surface area contributed by atoms with Crippen molar-refractivity contribution in [3.8, 4) is 0 Å². The molecule has 1 saturated heterocycles. The van der Waals surface area contributed by atoms with Crippen LogP contribution in [0.1, 0.15) is 38.5 Å². The van der Waals surface area contributed by atoms with Gasteiger partial charge in [0.2, 0.25) is 5.91 Å². The molecule has 5 nitrogen and oxygen atoms in total. The molecule has 0 unspecified atom stereocenters. The van der Waals surface area contributed by atoms with Gasteiger partial charge >= 0.3 is 0 Å². The first-order chi connectivity index (χ1) is 8.70. The number of β-lactam (4-membered cyclic amide) rings is 1. The summed E-state index contributed by atoms with van der Waals surface area (Å²) < 4.78 is 0. The molecular formula is C13H18N4O. The van der Waals surface area contributed by atoms with Gasteiger partial charge in [-0.2, -0.15) is 0 Å². The lowest BCUT2D eigenvalue weighted by Gasteiger charge is -2.62. The van der Waals surface area contributed by atoms with Crippen molar-refractivity contribution in [1.82, 2.24) is 5.32 Å². The van der Waals surface area contributed by atoms with Crippen LogP contribution in [0.2, 0.25) is 0 Å². The topological polar surface area (TPSA) is 77.9 Å². The highest BCUT2D eigenvalue weighted by molar-refractivity contribution is 5.89. The first-order valence-electron chi connectivity index (χ1n) is 7.05. The average Bonchev–Trinajstić information content (AvgIpc) is 2.31. The maximum Gasteiger partial charge on any atom is 0.231 e. The van der Waals surface area contributed by atoms with Crippen molar-refractivity contribution in [2.24, 2.45) is 28.3 Å². The molecule has 4 aliphatic carbocycles. The lowest BCUT2D eigenvalue weighted by atomic mass is 9.46. The minimum Gasteiger partial charge on any atom is -0.351 e. The minimum absolute atomic E-state index is 0.0754. The smallest absolute Gasteiger partial charge is 0.231 e. The number of rotatable bonds is 2. The third-order valence-corrected chi connectivity index (χ3v) is 5.80. The van der Waals surface area contributed by atoms with Gasteiger partial charge in [-0.3, -0.25) is 4.79 Å². The van der Waals surface area contributed by atoms with E-state index in [4.69, 9.17) is 5.53 Å². The monoisotopic (exact) mass is 246 g/mol. The highest BCUT2D eigenvalue weighted by Crippen LogP contribution is 2.62. The van der Waals surface area contributed by atoms with E-state index in [1.165, 1.54) is 38.5 Å². The summed E-state index contributed by atoms with van der Waals surface area (Å²) in [5, 5.41) is 6.75. The van der Waals surface area contributed by atoms with Gasteiger partial charge in [-0.25, -0.2) is 0 Å². The Hall–Kier alpha value is -1.22. The van der Waals surface area contributed by atoms with Crippen molar-refractivity contribution >= 4 is 5.91 Å². The molecule has 2 atom stereocenters. The van der Waals surface area contributed by atoms with Crippen LogP contribution < -0.4 is 5.32 Å². The average molecular weight is 246 g/mol. The van der Waals surface area contributed by atoms with E-state index < -0.39 is 6.04 Å². The van der Waals surface area contributed by atoms with Gasteiger partial charge in [0.05, 0.1) is 6.04 Å². The molecule has 5 aliphatic rings. The number of nitrogens with one attached hydrogen (secondary N) is 1. The molecule has 5 rings (SSSR count). The Morgan fingerprint density at radius 2 is 1.72 bits per heavy atom. The van der Waals surface area contributed by atoms with Crippen LogP contribution in [0.4, 0.5) is 0 Å². The fourth-order valence-electron chi connectivity index (χ4n) is 5.59. The van der Waals surface area contributed by atoms with Crippen LogP contribution in [-0.4, -0.2) is 18.0 Å². The van der Waals surface area contributed by atoms with Crippen LogP contribution in [0.25, 0.3) is 10.4 Å². The van der Waals surface area contributed by atoms with E-state index in [0.717, 1.165) is 17.8 Å². The summed E-state index contributed by atoms with van der Waals surface area (Å²) in [4.78, 5) is 14.4. The predicted molar refractivity (Wildman–Crippen MR) is 65.5 cm³/mol. The fraction of sp³-hybridized carbons (Fsp3) is 0.923. The van der Waals surface area contributed by atoms with Gasteiger partial charge in [0.25, 0.3) is 0 Å². The normalized spacial score (nSPS) is 52.4. The van der Waals surface area contributed by atoms with Gasteiger partial charge in [0.1, 0.15) is 6.04 Å². The fourth-order valence-corrected chi connectivity index (χ4v) is 5.59. The highest BCUT2D eigenvalue weighted by atomic mass is 16.2. The van der Waals surface area contributed by atoms with Gasteiger partial charge in [0, 0.05) is 4.91 Å². The molecule has 1 N–H and O–H groups in total. The molecule has 1 heterocycles. The van der Waals surface area contributed by atoms with E-state index in [1.54, 1.807) is 0 Å². The molecule has 5 fully saturated rings. The molecule has 1 aliphatic heterocycles. The summed E-state index contributed by atoms with van der Waals surface area (Å²) in [7, 11) is 0. The van der Waals surface area contributed by atoms with Crippen LogP contribution in [0.5, 0.6) is 0 Å². The summed E-state index contributed by atoms with van der Waals surface area (Å²) in [5.41, 5.74) is 8.85. The summed E-state index contributed by atoms with van der Waals surface area (Å²) in [6.07, 6.45) is 7.90. The summed E-state index contributed by atoms with van der Waals surface area (Å²) >= 11 is 0. The van der Waals surface area contributed by atoms with Crippen LogP contribution in [0.15, 0.2) is 5.11 Å². The number of carbonyl (C=O) groups excluding carboxylic acids is 1. The van der Waals surface area contributed by atoms with Crippen LogP contribution in [-0.2, 0) is 4.79 Å². The summed E-state index contributed by atoms with van der Waals surface area (Å²) in [5.74, 6) is 2.51. The second-order valence-corrected chi connectivity index (χ2v) is 6.92. The predicted octanol–water partition coefficient (Wildman–Crippen LogP) is 2.38. The quantitative estimate of drug-likeness (QED) is 0.345. The molecule has 96 valence electrons. The van der Waals surface area contributed by atoms with E-state index in [1.807, 2.05) is 0 Å². The summed E-state index contributed by atoms with van der Waals surface area (Å²) in [6.45, 7) is 0. The van der Waals surface area contributed by atoms with E-state index in [9.17, 15) is 4.79 Å². The first-order valence-corrected chi connectivity index (χ1v) is 7.05. The van der Waals surface area contributed by atoms with Crippen molar-refractivity contribution in [2.45, 2.75) is 50.6 Å². The molecule has 0 aromatic rings. The number of carbonyl (C=O) groups is 1. The van der Waals surface area contributed by atoms with Crippen molar-refractivity contribution < 1.29 is 4.79 Å². The van der Waals surface area contributed by atoms with E-state index >= 15 is 0 Å². The first kappa shape index (κ1) is 10.7. The van der Waals surface area contributed by atoms with Crippen LogP contribution in [0.3, 0.4) is 0 Å². The molecule has 0 aromatic heterocycles. The third kappa shape index (κ3) is 1.28. The SMILES string of the molecule is [N-]=[N+]=N[C@H]1C(=O)N[C@@H]1C12CC3CC(CC(C3)C1)C2. The van der Waals surface area contributed by atoms with Gasteiger partial charge in [-0.1, -0.05) is 5.11 Å². The zero-order valence-electron chi connectivity index (χ0n) is 10.4. The number of amides is 1.